The van der Waals surface area contributed by atoms with Crippen LogP contribution in [0.15, 0.2) is 36.4 Å². The van der Waals surface area contributed by atoms with E-state index in [-0.39, 0.29) is 11.3 Å². The Labute approximate surface area is 182 Å². The van der Waals surface area contributed by atoms with E-state index in [4.69, 9.17) is 16.3 Å². The Kier molecular flexibility index (Phi) is 8.60. The highest BCUT2D eigenvalue weighted by atomic mass is 79.9. The van der Waals surface area contributed by atoms with Crippen molar-refractivity contribution in [3.8, 4) is 0 Å². The number of methoxy groups -OCH3 is 1. The van der Waals surface area contributed by atoms with E-state index in [9.17, 15) is 14.4 Å². The van der Waals surface area contributed by atoms with Crippen molar-refractivity contribution < 1.29 is 19.1 Å². The maximum atomic E-state index is 12.8. The van der Waals surface area contributed by atoms with Gasteiger partial charge < -0.3 is 15.4 Å². The Morgan fingerprint density at radius 2 is 1.97 bits per heavy atom. The van der Waals surface area contributed by atoms with E-state index in [2.05, 4.69) is 31.5 Å². The van der Waals surface area contributed by atoms with Crippen molar-refractivity contribution in [3.63, 3.8) is 0 Å². The standard InChI is InChI=1S/C20H21BrClN3O4/c1-12-7-8-15(17(24-12)19(27)23-10-4-9-22)18(26)25-14-6-3-5-13(11-14)16(21)20(28)29-2/h3,5-8,11,16H,4,9-10H2,1-2H3,(H,23,27)(H,25,26). The lowest BCUT2D eigenvalue weighted by Gasteiger charge is -2.12. The van der Waals surface area contributed by atoms with Gasteiger partial charge >= 0.3 is 5.97 Å². The van der Waals surface area contributed by atoms with Gasteiger partial charge in [0.25, 0.3) is 11.8 Å². The van der Waals surface area contributed by atoms with Crippen LogP contribution in [0.3, 0.4) is 0 Å². The predicted octanol–water partition coefficient (Wildman–Crippen LogP) is 3.61. The Hall–Kier alpha value is -2.45. The quantitative estimate of drug-likeness (QED) is 0.340. The van der Waals surface area contributed by atoms with Gasteiger partial charge in [-0.15, -0.1) is 11.6 Å². The van der Waals surface area contributed by atoms with Crippen molar-refractivity contribution in [2.24, 2.45) is 0 Å². The molecule has 1 heterocycles. The Bertz CT molecular complexity index is 907. The summed E-state index contributed by atoms with van der Waals surface area (Å²) in [6.07, 6.45) is 0.612. The summed E-state index contributed by atoms with van der Waals surface area (Å²) in [5, 5.41) is 5.45. The molecule has 9 heteroatoms. The maximum absolute atomic E-state index is 12.8. The minimum Gasteiger partial charge on any atom is -0.468 e. The molecule has 2 rings (SSSR count). The van der Waals surface area contributed by atoms with Crippen molar-refractivity contribution in [2.75, 3.05) is 24.9 Å². The summed E-state index contributed by atoms with van der Waals surface area (Å²) in [5.74, 6) is -0.955. The predicted molar refractivity (Wildman–Crippen MR) is 115 cm³/mol. The first-order chi connectivity index (χ1) is 13.9. The molecule has 0 fully saturated rings. The van der Waals surface area contributed by atoms with E-state index in [1.165, 1.54) is 7.11 Å². The minimum absolute atomic E-state index is 0.0427. The van der Waals surface area contributed by atoms with Crippen LogP contribution >= 0.6 is 27.5 Å². The van der Waals surface area contributed by atoms with Gasteiger partial charge in [-0.3, -0.25) is 14.4 Å². The number of alkyl halides is 2. The molecule has 1 unspecified atom stereocenters. The third-order valence-electron chi connectivity index (χ3n) is 3.94. The van der Waals surface area contributed by atoms with Crippen molar-refractivity contribution in [1.29, 1.82) is 0 Å². The fourth-order valence-corrected chi connectivity index (χ4v) is 3.08. The number of ether oxygens (including phenoxy) is 1. The van der Waals surface area contributed by atoms with Gasteiger partial charge in [0.2, 0.25) is 0 Å². The number of hydrogen-bond donors (Lipinski definition) is 2. The molecule has 2 N–H and O–H groups in total. The average molecular weight is 483 g/mol. The van der Waals surface area contributed by atoms with Crippen molar-refractivity contribution in [2.45, 2.75) is 18.2 Å². The van der Waals surface area contributed by atoms with Crippen molar-refractivity contribution in [1.82, 2.24) is 10.3 Å². The smallest absolute Gasteiger partial charge is 0.323 e. The molecule has 7 nitrogen and oxygen atoms in total. The fourth-order valence-electron chi connectivity index (χ4n) is 2.48. The minimum atomic E-state index is -0.659. The van der Waals surface area contributed by atoms with Crippen LogP contribution in [0.5, 0.6) is 0 Å². The summed E-state index contributed by atoms with van der Waals surface area (Å²) in [5.41, 5.74) is 1.89. The summed E-state index contributed by atoms with van der Waals surface area (Å²) in [6, 6.07) is 9.98. The SMILES string of the molecule is COC(=O)C(Br)c1cccc(NC(=O)c2ccc(C)nc2C(=O)NCCCCl)c1. The van der Waals surface area contributed by atoms with Crippen LogP contribution in [0, 0.1) is 6.92 Å². The summed E-state index contributed by atoms with van der Waals surface area (Å²) in [7, 11) is 1.30. The Morgan fingerprint density at radius 3 is 2.66 bits per heavy atom. The van der Waals surface area contributed by atoms with E-state index >= 15 is 0 Å². The first-order valence-electron chi connectivity index (χ1n) is 8.82. The summed E-state index contributed by atoms with van der Waals surface area (Å²) in [6.45, 7) is 2.13. The van der Waals surface area contributed by atoms with E-state index in [1.54, 1.807) is 43.3 Å². The first kappa shape index (κ1) is 22.8. The second kappa shape index (κ2) is 10.9. The van der Waals surface area contributed by atoms with E-state index in [0.29, 0.717) is 35.8 Å². The third-order valence-corrected chi connectivity index (χ3v) is 5.11. The number of nitrogens with one attached hydrogen (secondary N) is 2. The lowest BCUT2D eigenvalue weighted by Crippen LogP contribution is -2.29. The zero-order valence-corrected chi connectivity index (χ0v) is 18.3. The van der Waals surface area contributed by atoms with Crippen LogP contribution in [0.2, 0.25) is 0 Å². The highest BCUT2D eigenvalue weighted by Gasteiger charge is 2.21. The molecule has 0 radical (unpaired) electrons. The fraction of sp³-hybridized carbons (Fsp3) is 0.300. The number of rotatable bonds is 8. The molecule has 2 amide bonds. The zero-order chi connectivity index (χ0) is 21.4. The summed E-state index contributed by atoms with van der Waals surface area (Å²) in [4.78, 5) is 40.5. The zero-order valence-electron chi connectivity index (χ0n) is 16.0. The number of pyridine rings is 1. The average Bonchev–Trinajstić information content (AvgIpc) is 2.72. The molecule has 154 valence electrons. The number of carbonyl (C=O) groups excluding carboxylic acids is 3. The van der Waals surface area contributed by atoms with Crippen molar-refractivity contribution in [3.05, 3.63) is 58.9 Å². The molecular formula is C20H21BrClN3O4. The number of amides is 2. The number of carbonyl (C=O) groups is 3. The molecular weight excluding hydrogens is 462 g/mol. The molecule has 0 aliphatic heterocycles. The van der Waals surface area contributed by atoms with Gasteiger partial charge in [0.05, 0.1) is 12.7 Å². The Balaban J connectivity index is 2.23. The third kappa shape index (κ3) is 6.27. The number of anilines is 1. The largest absolute Gasteiger partial charge is 0.468 e. The van der Waals surface area contributed by atoms with Gasteiger partial charge in [-0.25, -0.2) is 4.98 Å². The lowest BCUT2D eigenvalue weighted by atomic mass is 10.1. The molecule has 29 heavy (non-hydrogen) atoms. The highest BCUT2D eigenvalue weighted by molar-refractivity contribution is 9.09. The molecule has 0 aliphatic rings. The molecule has 0 spiro atoms. The summed E-state index contributed by atoms with van der Waals surface area (Å²) < 4.78 is 4.72. The second-order valence-corrected chi connectivity index (χ2v) is 7.41. The monoisotopic (exact) mass is 481 g/mol. The number of halogens is 2. The van der Waals surface area contributed by atoms with Crippen molar-refractivity contribution >= 4 is 51.0 Å². The Morgan fingerprint density at radius 1 is 1.21 bits per heavy atom. The molecule has 0 aliphatic carbocycles. The van der Waals surface area contributed by atoms with E-state index in [1.807, 2.05) is 0 Å². The van der Waals surface area contributed by atoms with Gasteiger partial charge in [-0.05, 0) is 43.2 Å². The topological polar surface area (TPSA) is 97.4 Å². The maximum Gasteiger partial charge on any atom is 0.323 e. The number of nitrogens with zero attached hydrogens (tertiary/aromatic N) is 1. The van der Waals surface area contributed by atoms with Crippen LogP contribution < -0.4 is 10.6 Å². The van der Waals surface area contributed by atoms with Gasteiger partial charge in [0, 0.05) is 23.8 Å². The second-order valence-electron chi connectivity index (χ2n) is 6.11. The van der Waals surface area contributed by atoms with Gasteiger partial charge in [0.1, 0.15) is 10.5 Å². The molecule has 1 atom stereocenters. The number of aryl methyl sites for hydroxylation is 1. The molecule has 0 saturated carbocycles. The first-order valence-corrected chi connectivity index (χ1v) is 10.3. The van der Waals surface area contributed by atoms with Crippen LogP contribution in [-0.4, -0.2) is 42.3 Å². The van der Waals surface area contributed by atoms with Gasteiger partial charge in [0.15, 0.2) is 0 Å². The van der Waals surface area contributed by atoms with Gasteiger partial charge in [-0.1, -0.05) is 28.1 Å². The van der Waals surface area contributed by atoms with E-state index < -0.39 is 22.6 Å². The van der Waals surface area contributed by atoms with Crippen LogP contribution in [0.4, 0.5) is 5.69 Å². The van der Waals surface area contributed by atoms with Crippen LogP contribution in [0.1, 0.15) is 43.4 Å². The molecule has 0 saturated heterocycles. The highest BCUT2D eigenvalue weighted by Crippen LogP contribution is 2.26. The van der Waals surface area contributed by atoms with Crippen LogP contribution in [0.25, 0.3) is 0 Å². The number of benzene rings is 1. The number of aromatic nitrogens is 1. The molecule has 1 aromatic heterocycles. The number of esters is 1. The molecule has 0 bridgehead atoms. The lowest BCUT2D eigenvalue weighted by molar-refractivity contribution is -0.139. The molecule has 2 aromatic rings. The van der Waals surface area contributed by atoms with Gasteiger partial charge in [-0.2, -0.15) is 0 Å². The normalized spacial score (nSPS) is 11.4. The number of hydrogen-bond acceptors (Lipinski definition) is 5. The van der Waals surface area contributed by atoms with Crippen LogP contribution in [-0.2, 0) is 9.53 Å². The molecule has 1 aromatic carbocycles. The summed E-state index contributed by atoms with van der Waals surface area (Å²) >= 11 is 8.89. The van der Waals surface area contributed by atoms with E-state index in [0.717, 1.165) is 0 Å².